The van der Waals surface area contributed by atoms with Crippen LogP contribution in [-0.2, 0) is 15.1 Å². The quantitative estimate of drug-likeness (QED) is 0.748. The molecule has 5 heteroatoms. The van der Waals surface area contributed by atoms with Gasteiger partial charge < -0.3 is 4.74 Å². The van der Waals surface area contributed by atoms with Crippen LogP contribution >= 0.6 is 0 Å². The Kier molecular flexibility index (Phi) is 3.50. The Morgan fingerprint density at radius 3 is 2.29 bits per heavy atom. The topological polar surface area (TPSA) is 26.3 Å². The van der Waals surface area contributed by atoms with Crippen molar-refractivity contribution < 1.29 is 22.7 Å². The Morgan fingerprint density at radius 2 is 1.88 bits per heavy atom. The molecule has 0 spiro atoms. The van der Waals surface area contributed by atoms with Crippen molar-refractivity contribution in [3.05, 3.63) is 35.4 Å². The lowest BCUT2D eigenvalue weighted by Crippen LogP contribution is -2.43. The Balaban J connectivity index is 3.29. The summed E-state index contributed by atoms with van der Waals surface area (Å²) in [6.07, 6.45) is -4.66. The van der Waals surface area contributed by atoms with E-state index in [0.29, 0.717) is 5.56 Å². The minimum atomic E-state index is -4.66. The first-order valence-corrected chi connectivity index (χ1v) is 5.00. The maximum atomic E-state index is 13.0. The van der Waals surface area contributed by atoms with Crippen molar-refractivity contribution in [2.24, 2.45) is 0 Å². The summed E-state index contributed by atoms with van der Waals surface area (Å²) in [5.41, 5.74) is -2.02. The second kappa shape index (κ2) is 4.39. The molecule has 0 heterocycles. The van der Waals surface area contributed by atoms with E-state index in [-0.39, 0.29) is 5.56 Å². The van der Waals surface area contributed by atoms with Gasteiger partial charge >= 0.3 is 12.1 Å². The number of rotatable bonds is 2. The van der Waals surface area contributed by atoms with Crippen LogP contribution in [0.4, 0.5) is 13.2 Å². The summed E-state index contributed by atoms with van der Waals surface area (Å²) in [6, 6.07) is 5.83. The Morgan fingerprint density at radius 1 is 1.29 bits per heavy atom. The van der Waals surface area contributed by atoms with E-state index in [1.165, 1.54) is 18.2 Å². The number of halogens is 3. The highest BCUT2D eigenvalue weighted by molar-refractivity contribution is 5.67. The monoisotopic (exact) mass is 246 g/mol. The molecule has 0 amide bonds. The van der Waals surface area contributed by atoms with Gasteiger partial charge in [0.2, 0.25) is 5.60 Å². The maximum Gasteiger partial charge on any atom is 0.432 e. The number of carbonyl (C=O) groups is 1. The predicted octanol–water partition coefficient (Wildman–Crippen LogP) is 3.34. The first kappa shape index (κ1) is 13.5. The Bertz CT molecular complexity index is 426. The molecule has 0 aliphatic rings. The number of hydrogen-bond donors (Lipinski definition) is 0. The van der Waals surface area contributed by atoms with Crippen LogP contribution < -0.4 is 0 Å². The SMILES string of the molecule is CC(=O)OC(C)(c1cccc(C)c1)C(F)(F)F. The molecule has 17 heavy (non-hydrogen) atoms. The molecule has 1 aromatic carbocycles. The number of aryl methyl sites for hydroxylation is 1. The van der Waals surface area contributed by atoms with Crippen molar-refractivity contribution in [1.82, 2.24) is 0 Å². The van der Waals surface area contributed by atoms with Crippen molar-refractivity contribution >= 4 is 5.97 Å². The van der Waals surface area contributed by atoms with Gasteiger partial charge in [-0.25, -0.2) is 0 Å². The summed E-state index contributed by atoms with van der Waals surface area (Å²) in [5.74, 6) is -0.966. The summed E-state index contributed by atoms with van der Waals surface area (Å²) in [6.45, 7) is 3.48. The summed E-state index contributed by atoms with van der Waals surface area (Å²) in [5, 5.41) is 0. The summed E-state index contributed by atoms with van der Waals surface area (Å²) >= 11 is 0. The molecule has 0 aliphatic carbocycles. The van der Waals surface area contributed by atoms with Crippen LogP contribution in [-0.4, -0.2) is 12.1 Å². The Hall–Kier alpha value is -1.52. The van der Waals surface area contributed by atoms with Gasteiger partial charge in [-0.05, 0) is 13.8 Å². The van der Waals surface area contributed by atoms with Gasteiger partial charge in [-0.3, -0.25) is 4.79 Å². The van der Waals surface area contributed by atoms with Gasteiger partial charge in [0.05, 0.1) is 0 Å². The minimum Gasteiger partial charge on any atom is -0.445 e. The second-order valence-electron chi connectivity index (χ2n) is 3.99. The molecule has 0 aromatic heterocycles. The third-order valence-corrected chi connectivity index (χ3v) is 2.46. The summed E-state index contributed by atoms with van der Waals surface area (Å²) in [7, 11) is 0. The zero-order valence-electron chi connectivity index (χ0n) is 9.76. The van der Waals surface area contributed by atoms with E-state index in [1.54, 1.807) is 13.0 Å². The van der Waals surface area contributed by atoms with Gasteiger partial charge in [-0.1, -0.05) is 29.8 Å². The molecular weight excluding hydrogens is 233 g/mol. The molecule has 94 valence electrons. The predicted molar refractivity (Wildman–Crippen MR) is 56.4 cm³/mol. The maximum absolute atomic E-state index is 13.0. The molecule has 0 N–H and O–H groups in total. The zero-order valence-corrected chi connectivity index (χ0v) is 9.76. The number of ether oxygens (including phenoxy) is 1. The number of esters is 1. The van der Waals surface area contributed by atoms with Gasteiger partial charge in [-0.15, -0.1) is 0 Å². The fourth-order valence-corrected chi connectivity index (χ4v) is 1.51. The van der Waals surface area contributed by atoms with Crippen LogP contribution in [0.15, 0.2) is 24.3 Å². The van der Waals surface area contributed by atoms with Crippen LogP contribution in [0.5, 0.6) is 0 Å². The fourth-order valence-electron chi connectivity index (χ4n) is 1.51. The van der Waals surface area contributed by atoms with Crippen LogP contribution in [0.2, 0.25) is 0 Å². The van der Waals surface area contributed by atoms with Crippen molar-refractivity contribution in [1.29, 1.82) is 0 Å². The molecule has 1 rings (SSSR count). The van der Waals surface area contributed by atoms with Crippen LogP contribution in [0.1, 0.15) is 25.0 Å². The van der Waals surface area contributed by atoms with Gasteiger partial charge in [0.25, 0.3) is 0 Å². The fraction of sp³-hybridized carbons (Fsp3) is 0.417. The van der Waals surface area contributed by atoms with Crippen LogP contribution in [0.3, 0.4) is 0 Å². The molecule has 2 nitrogen and oxygen atoms in total. The Labute approximate surface area is 97.4 Å². The van der Waals surface area contributed by atoms with Crippen LogP contribution in [0, 0.1) is 6.92 Å². The highest BCUT2D eigenvalue weighted by atomic mass is 19.4. The standard InChI is InChI=1S/C12H13F3O2/c1-8-5-4-6-10(7-8)11(3,12(13,14)15)17-9(2)16/h4-7H,1-3H3. The second-order valence-corrected chi connectivity index (χ2v) is 3.99. The van der Waals surface area contributed by atoms with Gasteiger partial charge in [-0.2, -0.15) is 13.2 Å². The molecule has 0 saturated carbocycles. The molecule has 1 aromatic rings. The molecule has 0 saturated heterocycles. The lowest BCUT2D eigenvalue weighted by atomic mass is 9.93. The smallest absolute Gasteiger partial charge is 0.432 e. The first-order valence-electron chi connectivity index (χ1n) is 5.00. The van der Waals surface area contributed by atoms with E-state index in [2.05, 4.69) is 4.74 Å². The summed E-state index contributed by atoms with van der Waals surface area (Å²) in [4.78, 5) is 10.8. The molecule has 0 fully saturated rings. The molecule has 0 aliphatic heterocycles. The van der Waals surface area contributed by atoms with E-state index in [4.69, 9.17) is 0 Å². The molecule has 0 bridgehead atoms. The average molecular weight is 246 g/mol. The number of benzene rings is 1. The van der Waals surface area contributed by atoms with Crippen molar-refractivity contribution in [2.75, 3.05) is 0 Å². The van der Waals surface area contributed by atoms with E-state index >= 15 is 0 Å². The van der Waals surface area contributed by atoms with Crippen molar-refractivity contribution in [3.8, 4) is 0 Å². The third kappa shape index (κ3) is 2.78. The highest BCUT2D eigenvalue weighted by Crippen LogP contribution is 2.42. The summed E-state index contributed by atoms with van der Waals surface area (Å²) < 4.78 is 43.5. The zero-order chi connectivity index (χ0) is 13.3. The first-order chi connectivity index (χ1) is 7.67. The third-order valence-electron chi connectivity index (χ3n) is 2.46. The van der Waals surface area contributed by atoms with Gasteiger partial charge in [0, 0.05) is 12.5 Å². The number of hydrogen-bond acceptors (Lipinski definition) is 2. The largest absolute Gasteiger partial charge is 0.445 e. The van der Waals surface area contributed by atoms with E-state index < -0.39 is 17.7 Å². The van der Waals surface area contributed by atoms with E-state index in [0.717, 1.165) is 13.8 Å². The molecule has 0 radical (unpaired) electrons. The van der Waals surface area contributed by atoms with Gasteiger partial charge in [0.15, 0.2) is 0 Å². The molecule has 1 unspecified atom stereocenters. The highest BCUT2D eigenvalue weighted by Gasteiger charge is 2.55. The lowest BCUT2D eigenvalue weighted by molar-refractivity contribution is -0.268. The normalized spacial score (nSPS) is 15.2. The molecule has 1 atom stereocenters. The average Bonchev–Trinajstić information content (AvgIpc) is 2.14. The number of carbonyl (C=O) groups excluding carboxylic acids is 1. The van der Waals surface area contributed by atoms with Crippen LogP contribution in [0.25, 0.3) is 0 Å². The lowest BCUT2D eigenvalue weighted by Gasteiger charge is -2.31. The van der Waals surface area contributed by atoms with E-state index in [9.17, 15) is 18.0 Å². The van der Waals surface area contributed by atoms with Crippen molar-refractivity contribution in [2.45, 2.75) is 32.5 Å². The van der Waals surface area contributed by atoms with Gasteiger partial charge in [0.1, 0.15) is 0 Å². The van der Waals surface area contributed by atoms with E-state index in [1.807, 2.05) is 0 Å². The number of alkyl halides is 3. The van der Waals surface area contributed by atoms with Crippen molar-refractivity contribution in [3.63, 3.8) is 0 Å². The molecular formula is C12H13F3O2. The minimum absolute atomic E-state index is 0.0831.